The first-order chi connectivity index (χ1) is 15.9. The van der Waals surface area contributed by atoms with E-state index in [0.29, 0.717) is 11.1 Å². The molecule has 0 saturated heterocycles. The van der Waals surface area contributed by atoms with Crippen LogP contribution in [0.1, 0.15) is 34.3 Å². The molecule has 10 heteroatoms. The Morgan fingerprint density at radius 3 is 2.44 bits per heavy atom. The minimum Gasteiger partial charge on any atom is -0.507 e. The maximum absolute atomic E-state index is 13.7. The van der Waals surface area contributed by atoms with Crippen molar-refractivity contribution in [1.29, 1.82) is 0 Å². The highest BCUT2D eigenvalue weighted by molar-refractivity contribution is 6.17. The van der Waals surface area contributed by atoms with E-state index >= 15 is 0 Å². The number of benzene rings is 1. The number of aliphatic hydroxyl groups is 1. The molecule has 0 bridgehead atoms. The fourth-order valence-corrected chi connectivity index (χ4v) is 5.96. The van der Waals surface area contributed by atoms with E-state index in [-0.39, 0.29) is 24.2 Å². The summed E-state index contributed by atoms with van der Waals surface area (Å²) in [5.74, 6) is -3.28. The van der Waals surface area contributed by atoms with Gasteiger partial charge in [0.25, 0.3) is 5.91 Å². The highest BCUT2D eigenvalue weighted by atomic mass is 16.3. The van der Waals surface area contributed by atoms with Crippen molar-refractivity contribution in [1.82, 2.24) is 4.90 Å². The molecule has 0 aromatic heterocycles. The van der Waals surface area contributed by atoms with Crippen LogP contribution < -0.4 is 11.5 Å². The normalized spacial score (nSPS) is 32.2. The summed E-state index contributed by atoms with van der Waals surface area (Å²) in [6.45, 7) is 0. The summed E-state index contributed by atoms with van der Waals surface area (Å²) >= 11 is 0. The molecule has 2 saturated carbocycles. The molecule has 6 N–H and O–H groups in total. The molecule has 3 aliphatic rings. The molecule has 6 unspecified atom stereocenters. The average molecular weight is 467 g/mol. The molecule has 1 aromatic carbocycles. The monoisotopic (exact) mass is 467 g/mol. The van der Waals surface area contributed by atoms with Crippen LogP contribution in [-0.2, 0) is 25.6 Å². The van der Waals surface area contributed by atoms with Gasteiger partial charge in [-0.1, -0.05) is 5.92 Å². The molecule has 6 atom stereocenters. The van der Waals surface area contributed by atoms with Gasteiger partial charge in [-0.15, -0.1) is 0 Å². The van der Waals surface area contributed by atoms with Crippen molar-refractivity contribution in [2.24, 2.45) is 35.1 Å². The first-order valence-electron chi connectivity index (χ1n) is 10.8. The molecule has 34 heavy (non-hydrogen) atoms. The maximum atomic E-state index is 13.7. The van der Waals surface area contributed by atoms with Crippen LogP contribution in [0.15, 0.2) is 12.1 Å². The van der Waals surface area contributed by atoms with E-state index < -0.39 is 70.9 Å². The fourth-order valence-electron chi connectivity index (χ4n) is 5.96. The van der Waals surface area contributed by atoms with E-state index in [1.807, 2.05) is 0 Å². The number of primary amides is 2. The average Bonchev–Trinajstić information content (AvgIpc) is 2.74. The van der Waals surface area contributed by atoms with Crippen molar-refractivity contribution >= 4 is 29.2 Å². The third-order valence-electron chi connectivity index (χ3n) is 7.39. The predicted molar refractivity (Wildman–Crippen MR) is 117 cm³/mol. The number of carbonyl (C=O) groups is 5. The van der Waals surface area contributed by atoms with Gasteiger partial charge >= 0.3 is 0 Å². The zero-order valence-electron chi connectivity index (χ0n) is 18.7. The van der Waals surface area contributed by atoms with Crippen LogP contribution >= 0.6 is 0 Å². The second kappa shape index (κ2) is 8.04. The number of phenolic OH excluding ortho intramolecular Hbond substituents is 1. The van der Waals surface area contributed by atoms with Crippen molar-refractivity contribution < 1.29 is 34.2 Å². The number of hydrogen-bond acceptors (Lipinski definition) is 8. The zero-order valence-corrected chi connectivity index (χ0v) is 18.7. The van der Waals surface area contributed by atoms with Gasteiger partial charge < -0.3 is 21.7 Å². The van der Waals surface area contributed by atoms with Crippen LogP contribution in [0.25, 0.3) is 0 Å². The number of aromatic hydroxyl groups is 1. The predicted octanol–water partition coefficient (Wildman–Crippen LogP) is -1.48. The first-order valence-corrected chi connectivity index (χ1v) is 10.8. The Kier molecular flexibility index (Phi) is 5.58. The van der Waals surface area contributed by atoms with E-state index in [0.717, 1.165) is 0 Å². The Balaban J connectivity index is 1.84. The van der Waals surface area contributed by atoms with Crippen LogP contribution in [0.5, 0.6) is 5.75 Å². The molecule has 3 aliphatic carbocycles. The summed E-state index contributed by atoms with van der Waals surface area (Å²) in [5, 5.41) is 22.0. The van der Waals surface area contributed by atoms with Gasteiger partial charge in [-0.05, 0) is 56.5 Å². The summed E-state index contributed by atoms with van der Waals surface area (Å²) in [6.07, 6.45) is -0.167. The summed E-state index contributed by atoms with van der Waals surface area (Å²) < 4.78 is 0. The Morgan fingerprint density at radius 1 is 1.18 bits per heavy atom. The Hall–Kier alpha value is -3.55. The van der Waals surface area contributed by atoms with E-state index in [4.69, 9.17) is 11.5 Å². The minimum atomic E-state index is -2.10. The number of phenols is 1. The van der Waals surface area contributed by atoms with Crippen LogP contribution in [0.2, 0.25) is 0 Å². The second-order valence-electron chi connectivity index (χ2n) is 9.51. The zero-order chi connectivity index (χ0) is 25.1. The van der Waals surface area contributed by atoms with Crippen LogP contribution in [0, 0.1) is 35.5 Å². The number of nitrogens with two attached hydrogens (primary N) is 2. The van der Waals surface area contributed by atoms with Crippen LogP contribution in [0.4, 0.5) is 0 Å². The number of carbonyl (C=O) groups excluding carboxylic acids is 5. The van der Waals surface area contributed by atoms with Gasteiger partial charge in [0.2, 0.25) is 5.91 Å². The van der Waals surface area contributed by atoms with Gasteiger partial charge in [0.05, 0.1) is 17.5 Å². The Labute approximate surface area is 195 Å². The van der Waals surface area contributed by atoms with E-state index in [1.165, 1.54) is 12.1 Å². The topological polar surface area (TPSA) is 181 Å². The van der Waals surface area contributed by atoms with Crippen molar-refractivity contribution in [3.05, 3.63) is 28.8 Å². The highest BCUT2D eigenvalue weighted by Crippen LogP contribution is 2.51. The lowest BCUT2D eigenvalue weighted by atomic mass is 9.52. The standard InChI is InChI=1S/C24H25N3O7/c1-27(2)19-14-8-11-7-12-10(4-6-16(25)29)3-5-15(28)18(12)21(31)17(11)22(32)24(14,34)9-13(20(19)30)23(26)33/h3,5,11,13-14,17,19,28,34H,7-9H2,1-2H3,(H2,25,29)(H2,26,33). The number of Topliss-reactive ketones (excluding diaryl/α,β-unsaturated/α-hetero) is 3. The lowest BCUT2D eigenvalue weighted by Crippen LogP contribution is -2.69. The smallest absolute Gasteiger partial charge is 0.293 e. The Morgan fingerprint density at radius 2 is 1.85 bits per heavy atom. The summed E-state index contributed by atoms with van der Waals surface area (Å²) in [5.41, 5.74) is 9.03. The molecule has 0 heterocycles. The molecule has 0 spiro atoms. The number of likely N-dealkylation sites (N-methyl/N-ethyl adjacent to an activating group) is 1. The number of hydrogen-bond donors (Lipinski definition) is 4. The van der Waals surface area contributed by atoms with Crippen LogP contribution in [0.3, 0.4) is 0 Å². The fraction of sp³-hybridized carbons (Fsp3) is 0.458. The van der Waals surface area contributed by atoms with Crippen molar-refractivity contribution in [3.8, 4) is 17.6 Å². The van der Waals surface area contributed by atoms with Gasteiger partial charge in [-0.3, -0.25) is 28.9 Å². The lowest BCUT2D eigenvalue weighted by molar-refractivity contribution is -0.176. The van der Waals surface area contributed by atoms with Gasteiger partial charge in [0.1, 0.15) is 17.3 Å². The third-order valence-corrected chi connectivity index (χ3v) is 7.39. The molecule has 2 fully saturated rings. The molecule has 0 radical (unpaired) electrons. The third kappa shape index (κ3) is 3.40. The quantitative estimate of drug-likeness (QED) is 0.300. The van der Waals surface area contributed by atoms with Crippen molar-refractivity contribution in [2.75, 3.05) is 14.1 Å². The van der Waals surface area contributed by atoms with Gasteiger partial charge in [-0.2, -0.15) is 0 Å². The molecule has 2 amide bonds. The summed E-state index contributed by atoms with van der Waals surface area (Å²) in [4.78, 5) is 64.9. The number of fused-ring (bicyclic) bond motifs is 3. The lowest BCUT2D eigenvalue weighted by Gasteiger charge is -2.53. The maximum Gasteiger partial charge on any atom is 0.293 e. The Bertz CT molecular complexity index is 1210. The molecule has 178 valence electrons. The number of ketones is 3. The second-order valence-corrected chi connectivity index (χ2v) is 9.51. The van der Waals surface area contributed by atoms with Crippen molar-refractivity contribution in [2.45, 2.75) is 30.9 Å². The molecular weight excluding hydrogens is 442 g/mol. The van der Waals surface area contributed by atoms with Gasteiger partial charge in [-0.25, -0.2) is 0 Å². The summed E-state index contributed by atoms with van der Waals surface area (Å²) in [6, 6.07) is 1.76. The SMILES string of the molecule is CN(C)C1C(=O)C(C(N)=O)CC2(O)C(=O)C3C(=O)c4c(O)ccc(C#CC(N)=O)c4CC3CC12. The first kappa shape index (κ1) is 23.6. The van der Waals surface area contributed by atoms with Gasteiger partial charge in [0.15, 0.2) is 17.3 Å². The highest BCUT2D eigenvalue weighted by Gasteiger charge is 2.64. The molecule has 1 aromatic rings. The van der Waals surface area contributed by atoms with Crippen LogP contribution in [-0.4, -0.2) is 70.0 Å². The van der Waals surface area contributed by atoms with E-state index in [9.17, 15) is 34.2 Å². The summed E-state index contributed by atoms with van der Waals surface area (Å²) in [7, 11) is 3.22. The number of amides is 2. The number of nitrogens with zero attached hydrogens (tertiary/aromatic N) is 1. The van der Waals surface area contributed by atoms with Crippen molar-refractivity contribution in [3.63, 3.8) is 0 Å². The van der Waals surface area contributed by atoms with Gasteiger partial charge in [0, 0.05) is 17.9 Å². The molecule has 0 aliphatic heterocycles. The van der Waals surface area contributed by atoms with E-state index in [1.54, 1.807) is 19.0 Å². The molecule has 10 nitrogen and oxygen atoms in total. The minimum absolute atomic E-state index is 0.0876. The van der Waals surface area contributed by atoms with E-state index in [2.05, 4.69) is 11.8 Å². The molecule has 4 rings (SSSR count). The molecular formula is C24H25N3O7. The number of rotatable bonds is 2. The largest absolute Gasteiger partial charge is 0.507 e.